The lowest BCUT2D eigenvalue weighted by atomic mass is 10.0. The zero-order chi connectivity index (χ0) is 20.9. The van der Waals surface area contributed by atoms with Crippen molar-refractivity contribution in [2.45, 2.75) is 25.0 Å². The van der Waals surface area contributed by atoms with Crippen LogP contribution in [0.15, 0.2) is 65.4 Å². The SMILES string of the molecule is O=C([C@@H](O)COc1ccc(Br)cc1)N1CCC(Nc2ccc3cnccc3c2)CC1. The number of aromatic nitrogens is 1. The summed E-state index contributed by atoms with van der Waals surface area (Å²) >= 11 is 3.36. The number of hydrogen-bond donors (Lipinski definition) is 2. The molecule has 0 unspecified atom stereocenters. The third kappa shape index (κ3) is 5.09. The molecule has 4 rings (SSSR count). The third-order valence-corrected chi connectivity index (χ3v) is 5.85. The fourth-order valence-electron chi connectivity index (χ4n) is 3.64. The lowest BCUT2D eigenvalue weighted by Gasteiger charge is -2.34. The Bertz CT molecular complexity index is 1000. The number of likely N-dealkylation sites (tertiary alicyclic amines) is 1. The van der Waals surface area contributed by atoms with Crippen molar-refractivity contribution in [3.8, 4) is 5.75 Å². The van der Waals surface area contributed by atoms with Gasteiger partial charge in [-0.05, 0) is 60.7 Å². The summed E-state index contributed by atoms with van der Waals surface area (Å²) in [7, 11) is 0. The van der Waals surface area contributed by atoms with Gasteiger partial charge in [0.25, 0.3) is 5.91 Å². The molecule has 1 amide bonds. The summed E-state index contributed by atoms with van der Waals surface area (Å²) in [6.07, 6.45) is 4.16. The Morgan fingerprint density at radius 3 is 2.70 bits per heavy atom. The standard InChI is InChI=1S/C23H24BrN3O3/c24-18-2-5-21(6-3-18)30-15-22(28)23(29)27-11-8-19(9-12-27)26-20-4-1-17-14-25-10-7-16(17)13-20/h1-7,10,13-14,19,22,26,28H,8-9,11-12,15H2/t22-/m0/s1. The number of nitrogens with zero attached hydrogens (tertiary/aromatic N) is 2. The second-order valence-electron chi connectivity index (χ2n) is 7.46. The number of carbonyl (C=O) groups excluding carboxylic acids is 1. The number of fused-ring (bicyclic) bond motifs is 1. The molecule has 0 radical (unpaired) electrons. The first-order chi connectivity index (χ1) is 14.6. The average Bonchev–Trinajstić information content (AvgIpc) is 2.78. The van der Waals surface area contributed by atoms with Gasteiger partial charge in [-0.2, -0.15) is 0 Å². The zero-order valence-corrected chi connectivity index (χ0v) is 18.1. The first-order valence-corrected chi connectivity index (χ1v) is 10.8. The van der Waals surface area contributed by atoms with Crippen LogP contribution in [0.3, 0.4) is 0 Å². The minimum Gasteiger partial charge on any atom is -0.490 e. The van der Waals surface area contributed by atoms with Gasteiger partial charge in [-0.15, -0.1) is 0 Å². The van der Waals surface area contributed by atoms with Crippen LogP contribution in [0.25, 0.3) is 10.8 Å². The number of halogens is 1. The van der Waals surface area contributed by atoms with Gasteiger partial charge in [0.1, 0.15) is 12.4 Å². The Morgan fingerprint density at radius 2 is 1.93 bits per heavy atom. The maximum atomic E-state index is 12.5. The summed E-state index contributed by atoms with van der Waals surface area (Å²) in [5.74, 6) is 0.350. The van der Waals surface area contributed by atoms with E-state index in [1.54, 1.807) is 23.2 Å². The predicted octanol–water partition coefficient (Wildman–Crippen LogP) is 3.84. The summed E-state index contributed by atoms with van der Waals surface area (Å²) < 4.78 is 6.48. The molecule has 0 aliphatic carbocycles. The Hall–Kier alpha value is -2.64. The highest BCUT2D eigenvalue weighted by molar-refractivity contribution is 9.10. The van der Waals surface area contributed by atoms with Gasteiger partial charge >= 0.3 is 0 Å². The van der Waals surface area contributed by atoms with E-state index in [1.165, 1.54) is 0 Å². The van der Waals surface area contributed by atoms with E-state index in [1.807, 2.05) is 24.4 Å². The number of pyridine rings is 1. The number of rotatable bonds is 6. The second kappa shape index (κ2) is 9.45. The van der Waals surface area contributed by atoms with Crippen molar-refractivity contribution in [1.82, 2.24) is 9.88 Å². The molecule has 2 aromatic carbocycles. The molecular weight excluding hydrogens is 446 g/mol. The molecule has 156 valence electrons. The molecule has 1 aromatic heterocycles. The van der Waals surface area contributed by atoms with E-state index in [2.05, 4.69) is 44.4 Å². The zero-order valence-electron chi connectivity index (χ0n) is 16.5. The lowest BCUT2D eigenvalue weighted by molar-refractivity contribution is -0.142. The van der Waals surface area contributed by atoms with Crippen LogP contribution in [-0.4, -0.2) is 52.7 Å². The van der Waals surface area contributed by atoms with E-state index in [0.29, 0.717) is 24.9 Å². The van der Waals surface area contributed by atoms with Crippen LogP contribution >= 0.6 is 15.9 Å². The van der Waals surface area contributed by atoms with Crippen molar-refractivity contribution in [2.24, 2.45) is 0 Å². The predicted molar refractivity (Wildman–Crippen MR) is 121 cm³/mol. The number of aliphatic hydroxyl groups excluding tert-OH is 1. The largest absolute Gasteiger partial charge is 0.490 e. The van der Waals surface area contributed by atoms with Crippen molar-refractivity contribution in [3.63, 3.8) is 0 Å². The molecule has 3 aromatic rings. The highest BCUT2D eigenvalue weighted by atomic mass is 79.9. The van der Waals surface area contributed by atoms with E-state index in [9.17, 15) is 9.90 Å². The number of aliphatic hydroxyl groups is 1. The highest BCUT2D eigenvalue weighted by Crippen LogP contribution is 2.22. The molecule has 0 spiro atoms. The van der Waals surface area contributed by atoms with Gasteiger partial charge in [0.15, 0.2) is 6.10 Å². The molecule has 6 nitrogen and oxygen atoms in total. The first-order valence-electron chi connectivity index (χ1n) is 10.0. The van der Waals surface area contributed by atoms with Crippen molar-refractivity contribution in [3.05, 3.63) is 65.4 Å². The fraction of sp³-hybridized carbons (Fsp3) is 0.304. The number of ether oxygens (including phenoxy) is 1. The number of amides is 1. The Labute approximate surface area is 184 Å². The van der Waals surface area contributed by atoms with Gasteiger partial charge in [-0.1, -0.05) is 22.0 Å². The van der Waals surface area contributed by atoms with Crippen LogP contribution in [-0.2, 0) is 4.79 Å². The number of nitrogens with one attached hydrogen (secondary N) is 1. The van der Waals surface area contributed by atoms with E-state index in [4.69, 9.17) is 4.74 Å². The van der Waals surface area contributed by atoms with Crippen LogP contribution in [0, 0.1) is 0 Å². The van der Waals surface area contributed by atoms with Crippen molar-refractivity contribution in [2.75, 3.05) is 25.0 Å². The molecule has 1 aliphatic rings. The van der Waals surface area contributed by atoms with Gasteiger partial charge in [0, 0.05) is 47.1 Å². The summed E-state index contributed by atoms with van der Waals surface area (Å²) in [6.45, 7) is 1.18. The molecule has 1 atom stereocenters. The molecule has 30 heavy (non-hydrogen) atoms. The van der Waals surface area contributed by atoms with Crippen molar-refractivity contribution >= 4 is 38.3 Å². The highest BCUT2D eigenvalue weighted by Gasteiger charge is 2.27. The fourth-order valence-corrected chi connectivity index (χ4v) is 3.91. The van der Waals surface area contributed by atoms with Crippen LogP contribution in [0.2, 0.25) is 0 Å². The van der Waals surface area contributed by atoms with Gasteiger partial charge in [0.2, 0.25) is 0 Å². The quantitative estimate of drug-likeness (QED) is 0.573. The third-order valence-electron chi connectivity index (χ3n) is 5.32. The number of carbonyl (C=O) groups is 1. The van der Waals surface area contributed by atoms with Gasteiger partial charge in [-0.25, -0.2) is 0 Å². The van der Waals surface area contributed by atoms with Crippen LogP contribution in [0.4, 0.5) is 5.69 Å². The van der Waals surface area contributed by atoms with E-state index < -0.39 is 6.10 Å². The number of piperidine rings is 1. The molecule has 1 fully saturated rings. The summed E-state index contributed by atoms with van der Waals surface area (Å²) in [4.78, 5) is 18.4. The Kier molecular flexibility index (Phi) is 6.50. The molecule has 2 heterocycles. The smallest absolute Gasteiger partial charge is 0.254 e. The number of anilines is 1. The van der Waals surface area contributed by atoms with Crippen LogP contribution in [0.1, 0.15) is 12.8 Å². The summed E-state index contributed by atoms with van der Waals surface area (Å²) in [6, 6.07) is 15.8. The Balaban J connectivity index is 1.25. The average molecular weight is 470 g/mol. The molecular formula is C23H24BrN3O3. The monoisotopic (exact) mass is 469 g/mol. The van der Waals surface area contributed by atoms with Gasteiger partial charge < -0.3 is 20.1 Å². The molecule has 2 N–H and O–H groups in total. The maximum absolute atomic E-state index is 12.5. The lowest BCUT2D eigenvalue weighted by Crippen LogP contribution is -2.47. The van der Waals surface area contributed by atoms with E-state index >= 15 is 0 Å². The van der Waals surface area contributed by atoms with Gasteiger partial charge in [-0.3, -0.25) is 9.78 Å². The van der Waals surface area contributed by atoms with Gasteiger partial charge in [0.05, 0.1) is 0 Å². The second-order valence-corrected chi connectivity index (χ2v) is 8.38. The minimum absolute atomic E-state index is 0.0510. The van der Waals surface area contributed by atoms with Crippen molar-refractivity contribution in [1.29, 1.82) is 0 Å². The number of hydrogen-bond acceptors (Lipinski definition) is 5. The van der Waals surface area contributed by atoms with Crippen LogP contribution < -0.4 is 10.1 Å². The Morgan fingerprint density at radius 1 is 1.17 bits per heavy atom. The van der Waals surface area contributed by atoms with Crippen LogP contribution in [0.5, 0.6) is 5.75 Å². The molecule has 0 bridgehead atoms. The topological polar surface area (TPSA) is 74.7 Å². The first kappa shape index (κ1) is 20.6. The molecule has 0 saturated carbocycles. The summed E-state index contributed by atoms with van der Waals surface area (Å²) in [5, 5.41) is 16.1. The number of benzene rings is 2. The molecule has 7 heteroatoms. The normalized spacial score (nSPS) is 15.7. The summed E-state index contributed by atoms with van der Waals surface area (Å²) in [5.41, 5.74) is 1.07. The van der Waals surface area contributed by atoms with E-state index in [-0.39, 0.29) is 12.5 Å². The molecule has 1 aliphatic heterocycles. The van der Waals surface area contributed by atoms with E-state index in [0.717, 1.165) is 33.8 Å². The maximum Gasteiger partial charge on any atom is 0.254 e. The minimum atomic E-state index is -1.16. The van der Waals surface area contributed by atoms with Crippen molar-refractivity contribution < 1.29 is 14.6 Å². The molecule has 1 saturated heterocycles.